The molecule has 1 aliphatic carbocycles. The molecule has 2 aromatic rings. The van der Waals surface area contributed by atoms with Crippen molar-refractivity contribution in [1.82, 2.24) is 20.3 Å². The molecule has 6 heteroatoms. The van der Waals surface area contributed by atoms with Crippen molar-refractivity contribution in [1.29, 1.82) is 0 Å². The van der Waals surface area contributed by atoms with Gasteiger partial charge in [-0.25, -0.2) is 4.68 Å². The number of nitrogens with zero attached hydrogens (tertiary/aromatic N) is 3. The fourth-order valence-corrected chi connectivity index (χ4v) is 2.87. The molecule has 3 rings (SSSR count). The second-order valence-corrected chi connectivity index (χ2v) is 6.86. The van der Waals surface area contributed by atoms with Gasteiger partial charge in [-0.1, -0.05) is 40.9 Å². The Hall–Kier alpha value is -1.69. The summed E-state index contributed by atoms with van der Waals surface area (Å²) < 4.78 is 2.83. The molecule has 1 aliphatic rings. The van der Waals surface area contributed by atoms with E-state index in [0.717, 1.165) is 48.0 Å². The topological polar surface area (TPSA) is 59.8 Å². The molecular formula is C17H21BrN4O. The third-order valence-electron chi connectivity index (χ3n) is 4.02. The smallest absolute Gasteiger partial charge is 0.273 e. The highest BCUT2D eigenvalue weighted by Gasteiger charge is 2.34. The van der Waals surface area contributed by atoms with E-state index in [2.05, 4.69) is 38.5 Å². The maximum atomic E-state index is 12.4. The normalized spacial score (nSPS) is 14.0. The zero-order chi connectivity index (χ0) is 16.2. The summed E-state index contributed by atoms with van der Waals surface area (Å²) in [4.78, 5) is 12.4. The van der Waals surface area contributed by atoms with Crippen molar-refractivity contribution in [3.63, 3.8) is 0 Å². The molecule has 0 saturated heterocycles. The van der Waals surface area contributed by atoms with E-state index in [9.17, 15) is 4.79 Å². The summed E-state index contributed by atoms with van der Waals surface area (Å²) in [6.07, 6.45) is 5.46. The number of carbonyl (C=O) groups is 1. The van der Waals surface area contributed by atoms with Crippen LogP contribution in [0, 0.1) is 0 Å². The lowest BCUT2D eigenvalue weighted by Gasteiger charge is -2.08. The number of amides is 1. The lowest BCUT2D eigenvalue weighted by Crippen LogP contribution is -2.26. The number of nitrogens with one attached hydrogen (secondary N) is 1. The number of rotatable bonds is 7. The Morgan fingerprint density at radius 3 is 2.70 bits per heavy atom. The average Bonchev–Trinajstić information content (AvgIpc) is 3.30. The van der Waals surface area contributed by atoms with Crippen molar-refractivity contribution in [3.05, 3.63) is 40.1 Å². The first-order valence-corrected chi connectivity index (χ1v) is 8.99. The van der Waals surface area contributed by atoms with Crippen LogP contribution in [0.3, 0.4) is 0 Å². The summed E-state index contributed by atoms with van der Waals surface area (Å²) in [7, 11) is 0. The predicted octanol–water partition coefficient (Wildman–Crippen LogP) is 3.83. The zero-order valence-corrected chi connectivity index (χ0v) is 14.8. The van der Waals surface area contributed by atoms with Gasteiger partial charge in [0, 0.05) is 16.9 Å². The van der Waals surface area contributed by atoms with Gasteiger partial charge in [-0.2, -0.15) is 0 Å². The predicted molar refractivity (Wildman–Crippen MR) is 92.9 cm³/mol. The van der Waals surface area contributed by atoms with E-state index in [1.165, 1.54) is 0 Å². The molecule has 1 amide bonds. The molecule has 1 saturated carbocycles. The highest BCUT2D eigenvalue weighted by Crippen LogP contribution is 2.42. The molecule has 1 N–H and O–H groups in total. The molecule has 1 heterocycles. The minimum absolute atomic E-state index is 0.105. The van der Waals surface area contributed by atoms with Crippen LogP contribution in [-0.4, -0.2) is 27.4 Å². The number of halogens is 1. The van der Waals surface area contributed by atoms with Crippen LogP contribution in [0.15, 0.2) is 28.7 Å². The summed E-state index contributed by atoms with van der Waals surface area (Å²) in [6, 6.07) is 7.90. The molecule has 0 atom stereocenters. The van der Waals surface area contributed by atoms with E-state index in [-0.39, 0.29) is 5.91 Å². The molecule has 0 aliphatic heterocycles. The van der Waals surface area contributed by atoms with Crippen molar-refractivity contribution < 1.29 is 4.79 Å². The van der Waals surface area contributed by atoms with Crippen LogP contribution in [0.4, 0.5) is 0 Å². The van der Waals surface area contributed by atoms with Crippen LogP contribution in [-0.2, 0) is 0 Å². The van der Waals surface area contributed by atoms with Gasteiger partial charge in [0.05, 0.1) is 11.4 Å². The quantitative estimate of drug-likeness (QED) is 0.746. The Balaban J connectivity index is 1.81. The second kappa shape index (κ2) is 7.25. The maximum absolute atomic E-state index is 12.4. The molecule has 23 heavy (non-hydrogen) atoms. The van der Waals surface area contributed by atoms with Gasteiger partial charge < -0.3 is 5.32 Å². The summed E-state index contributed by atoms with van der Waals surface area (Å²) in [5, 5.41) is 11.4. The van der Waals surface area contributed by atoms with E-state index < -0.39 is 0 Å². The zero-order valence-electron chi connectivity index (χ0n) is 13.3. The van der Waals surface area contributed by atoms with Crippen LogP contribution < -0.4 is 5.32 Å². The third kappa shape index (κ3) is 3.80. The highest BCUT2D eigenvalue weighted by molar-refractivity contribution is 9.10. The minimum atomic E-state index is -0.105. The van der Waals surface area contributed by atoms with Crippen LogP contribution in [0.2, 0.25) is 0 Å². The average molecular weight is 377 g/mol. The van der Waals surface area contributed by atoms with Crippen molar-refractivity contribution in [3.8, 4) is 5.69 Å². The molecule has 1 aromatic carbocycles. The number of hydrogen-bond donors (Lipinski definition) is 1. The molecule has 0 bridgehead atoms. The van der Waals surface area contributed by atoms with E-state index in [0.29, 0.717) is 18.2 Å². The van der Waals surface area contributed by atoms with E-state index in [1.807, 2.05) is 28.9 Å². The lowest BCUT2D eigenvalue weighted by atomic mass is 10.2. The number of benzene rings is 1. The van der Waals surface area contributed by atoms with Gasteiger partial charge >= 0.3 is 0 Å². The first-order chi connectivity index (χ1) is 11.2. The Labute approximate surface area is 144 Å². The fraction of sp³-hybridized carbons (Fsp3) is 0.471. The highest BCUT2D eigenvalue weighted by atomic mass is 79.9. The minimum Gasteiger partial charge on any atom is -0.351 e. The van der Waals surface area contributed by atoms with E-state index >= 15 is 0 Å². The van der Waals surface area contributed by atoms with Crippen molar-refractivity contribution in [2.75, 3.05) is 6.54 Å². The molecule has 1 aromatic heterocycles. The fourth-order valence-electron chi connectivity index (χ4n) is 2.61. The monoisotopic (exact) mass is 376 g/mol. The molecule has 122 valence electrons. The number of hydrogen-bond acceptors (Lipinski definition) is 3. The van der Waals surface area contributed by atoms with Gasteiger partial charge in [0.2, 0.25) is 0 Å². The largest absolute Gasteiger partial charge is 0.351 e. The summed E-state index contributed by atoms with van der Waals surface area (Å²) in [6.45, 7) is 2.85. The lowest BCUT2D eigenvalue weighted by molar-refractivity contribution is 0.0947. The van der Waals surface area contributed by atoms with Crippen LogP contribution in [0.25, 0.3) is 5.69 Å². The van der Waals surface area contributed by atoms with E-state index in [4.69, 9.17) is 0 Å². The molecule has 1 fully saturated rings. The van der Waals surface area contributed by atoms with Gasteiger partial charge in [0.25, 0.3) is 5.91 Å². The third-order valence-corrected chi connectivity index (χ3v) is 4.55. The molecular weight excluding hydrogens is 356 g/mol. The Morgan fingerprint density at radius 1 is 1.30 bits per heavy atom. The van der Waals surface area contributed by atoms with Gasteiger partial charge in [-0.05, 0) is 43.5 Å². The molecule has 0 spiro atoms. The first-order valence-electron chi connectivity index (χ1n) is 8.20. The van der Waals surface area contributed by atoms with Gasteiger partial charge in [-0.15, -0.1) is 5.10 Å². The summed E-state index contributed by atoms with van der Waals surface area (Å²) in [5.41, 5.74) is 2.36. The van der Waals surface area contributed by atoms with Crippen molar-refractivity contribution in [2.45, 2.75) is 44.9 Å². The van der Waals surface area contributed by atoms with Crippen LogP contribution in [0.1, 0.15) is 61.1 Å². The van der Waals surface area contributed by atoms with Gasteiger partial charge in [0.1, 0.15) is 0 Å². The molecule has 0 unspecified atom stereocenters. The second-order valence-electron chi connectivity index (χ2n) is 5.95. The summed E-state index contributed by atoms with van der Waals surface area (Å²) in [5.74, 6) is 0.288. The standard InChI is InChI=1S/C17H21BrN4O/c1-2-3-4-11-19-17(23)15-16(12-5-6-12)22(21-20-15)14-9-7-13(18)8-10-14/h7-10,12H,2-6,11H2,1H3,(H,19,23). The molecule has 0 radical (unpaired) electrons. The van der Waals surface area contributed by atoms with Crippen molar-refractivity contribution in [2.24, 2.45) is 0 Å². The maximum Gasteiger partial charge on any atom is 0.273 e. The molecule has 5 nitrogen and oxygen atoms in total. The Bertz CT molecular complexity index is 676. The van der Waals surface area contributed by atoms with E-state index in [1.54, 1.807) is 0 Å². The Kier molecular flexibility index (Phi) is 5.10. The van der Waals surface area contributed by atoms with Gasteiger partial charge in [0.15, 0.2) is 5.69 Å². The number of aromatic nitrogens is 3. The van der Waals surface area contributed by atoms with Crippen molar-refractivity contribution >= 4 is 21.8 Å². The SMILES string of the molecule is CCCCCNC(=O)c1nnn(-c2ccc(Br)cc2)c1C1CC1. The van der Waals surface area contributed by atoms with Crippen LogP contribution >= 0.6 is 15.9 Å². The first kappa shape index (κ1) is 16.2. The summed E-state index contributed by atoms with van der Waals surface area (Å²) >= 11 is 3.44. The Morgan fingerprint density at radius 2 is 2.04 bits per heavy atom. The van der Waals surface area contributed by atoms with Crippen LogP contribution in [0.5, 0.6) is 0 Å². The van der Waals surface area contributed by atoms with Gasteiger partial charge in [-0.3, -0.25) is 4.79 Å². The number of unbranched alkanes of at least 4 members (excludes halogenated alkanes) is 2. The number of carbonyl (C=O) groups excluding carboxylic acids is 1.